The number of para-hydroxylation sites is 1. The summed E-state index contributed by atoms with van der Waals surface area (Å²) in [5, 5.41) is 4.01. The molecule has 1 N–H and O–H groups in total. The summed E-state index contributed by atoms with van der Waals surface area (Å²) in [7, 11) is 0. The van der Waals surface area contributed by atoms with Crippen LogP contribution in [0.1, 0.15) is 35.2 Å². The molecule has 0 aliphatic heterocycles. The average Bonchev–Trinajstić information content (AvgIpc) is 3.18. The number of hydrogen-bond acceptors (Lipinski definition) is 3. The second-order valence-electron chi connectivity index (χ2n) is 7.98. The van der Waals surface area contributed by atoms with Crippen molar-refractivity contribution >= 4 is 16.9 Å². The number of nitrogens with one attached hydrogen (secondary N) is 1. The van der Waals surface area contributed by atoms with Crippen LogP contribution in [0.25, 0.3) is 10.9 Å². The number of aromatic nitrogens is 1. The highest BCUT2D eigenvalue weighted by Crippen LogP contribution is 2.31. The highest BCUT2D eigenvalue weighted by Gasteiger charge is 2.31. The van der Waals surface area contributed by atoms with Crippen LogP contribution in [0.2, 0.25) is 0 Å². The van der Waals surface area contributed by atoms with Gasteiger partial charge in [0.2, 0.25) is 0 Å². The lowest BCUT2D eigenvalue weighted by Gasteiger charge is -2.18. The Morgan fingerprint density at radius 1 is 0.971 bits per heavy atom. The molecule has 7 heteroatoms. The zero-order valence-electron chi connectivity index (χ0n) is 18.7. The second kappa shape index (κ2) is 10.1. The molecule has 0 spiro atoms. The van der Waals surface area contributed by atoms with Crippen molar-refractivity contribution in [3.63, 3.8) is 0 Å². The molecule has 4 rings (SSSR count). The molecular formula is C27H25F3N2O2. The number of esters is 1. The van der Waals surface area contributed by atoms with Crippen LogP contribution in [0.3, 0.4) is 0 Å². The fourth-order valence-corrected chi connectivity index (χ4v) is 4.04. The minimum absolute atomic E-state index is 0.0750. The third-order valence-corrected chi connectivity index (χ3v) is 5.61. The van der Waals surface area contributed by atoms with Gasteiger partial charge in [-0.15, -0.1) is 0 Å². The molecule has 0 aliphatic carbocycles. The molecule has 1 atom stereocenters. The molecule has 176 valence electrons. The molecule has 0 aliphatic rings. The third-order valence-electron chi connectivity index (χ3n) is 5.61. The maximum absolute atomic E-state index is 13.1. The summed E-state index contributed by atoms with van der Waals surface area (Å²) < 4.78 is 46.7. The van der Waals surface area contributed by atoms with Gasteiger partial charge >= 0.3 is 12.1 Å². The van der Waals surface area contributed by atoms with E-state index in [1.807, 2.05) is 60.8 Å². The number of nitrogens with zero attached hydrogens (tertiary/aromatic N) is 1. The van der Waals surface area contributed by atoms with Crippen molar-refractivity contribution in [1.29, 1.82) is 0 Å². The molecule has 0 saturated heterocycles. The van der Waals surface area contributed by atoms with E-state index in [1.165, 1.54) is 6.07 Å². The molecule has 4 nitrogen and oxygen atoms in total. The van der Waals surface area contributed by atoms with E-state index in [2.05, 4.69) is 9.88 Å². The fraction of sp³-hybridized carbons (Fsp3) is 0.222. The van der Waals surface area contributed by atoms with Crippen LogP contribution in [0.15, 0.2) is 85.1 Å². The van der Waals surface area contributed by atoms with Gasteiger partial charge in [0.15, 0.2) is 0 Å². The summed E-state index contributed by atoms with van der Waals surface area (Å²) in [6.45, 7) is 2.61. The predicted molar refractivity (Wildman–Crippen MR) is 125 cm³/mol. The van der Waals surface area contributed by atoms with Crippen LogP contribution < -0.4 is 5.32 Å². The van der Waals surface area contributed by atoms with Gasteiger partial charge in [0.25, 0.3) is 0 Å². The molecule has 4 aromatic rings. The summed E-state index contributed by atoms with van der Waals surface area (Å²) in [6, 6.07) is 22.0. The van der Waals surface area contributed by atoms with Crippen LogP contribution in [-0.4, -0.2) is 17.1 Å². The normalized spacial score (nSPS) is 12.6. The monoisotopic (exact) mass is 466 g/mol. The van der Waals surface area contributed by atoms with Crippen molar-refractivity contribution < 1.29 is 22.7 Å². The summed E-state index contributed by atoms with van der Waals surface area (Å²) in [4.78, 5) is 12.9. The zero-order chi connectivity index (χ0) is 24.1. The molecule has 0 saturated carbocycles. The highest BCUT2D eigenvalue weighted by atomic mass is 19.4. The van der Waals surface area contributed by atoms with E-state index < -0.39 is 23.8 Å². The number of hydrogen-bond donors (Lipinski definition) is 1. The van der Waals surface area contributed by atoms with Gasteiger partial charge in [0, 0.05) is 35.8 Å². The van der Waals surface area contributed by atoms with Crippen molar-refractivity contribution in [1.82, 2.24) is 9.88 Å². The van der Waals surface area contributed by atoms with E-state index in [9.17, 15) is 18.0 Å². The molecule has 0 bridgehead atoms. The van der Waals surface area contributed by atoms with Gasteiger partial charge in [-0.1, -0.05) is 66.7 Å². The number of carbonyl (C=O) groups excluding carboxylic acids is 1. The van der Waals surface area contributed by atoms with Gasteiger partial charge in [0.05, 0.1) is 12.2 Å². The number of alkyl halides is 3. The van der Waals surface area contributed by atoms with Crippen LogP contribution >= 0.6 is 0 Å². The predicted octanol–water partition coefficient (Wildman–Crippen LogP) is 6.10. The maximum atomic E-state index is 13.1. The molecule has 3 aromatic carbocycles. The van der Waals surface area contributed by atoms with Crippen molar-refractivity contribution in [3.05, 3.63) is 107 Å². The first-order valence-electron chi connectivity index (χ1n) is 11.0. The quantitative estimate of drug-likeness (QED) is 0.319. The van der Waals surface area contributed by atoms with Crippen LogP contribution in [0.5, 0.6) is 0 Å². The Morgan fingerprint density at radius 3 is 2.41 bits per heavy atom. The number of rotatable bonds is 8. The highest BCUT2D eigenvalue weighted by molar-refractivity contribution is 5.90. The molecule has 0 amide bonds. The van der Waals surface area contributed by atoms with E-state index in [0.29, 0.717) is 12.1 Å². The Labute approximate surface area is 196 Å². The van der Waals surface area contributed by atoms with Gasteiger partial charge in [0.1, 0.15) is 6.04 Å². The first kappa shape index (κ1) is 23.6. The van der Waals surface area contributed by atoms with E-state index in [0.717, 1.165) is 34.2 Å². The Morgan fingerprint density at radius 2 is 1.68 bits per heavy atom. The minimum atomic E-state index is -4.43. The topological polar surface area (TPSA) is 43.3 Å². The summed E-state index contributed by atoms with van der Waals surface area (Å²) in [6.07, 6.45) is -2.51. The molecule has 0 fully saturated rings. The Hall–Kier alpha value is -3.58. The standard InChI is InChI=1S/C27H25F3N2O2/c1-2-34-26(33)25(31-16-20-11-8-12-21(15-20)27(28,29)30)23-18-32(17-19-9-4-3-5-10-19)24-14-7-6-13-22(23)24/h3-15,18,25,31H,2,16-17H2,1H3. The van der Waals surface area contributed by atoms with E-state index >= 15 is 0 Å². The van der Waals surface area contributed by atoms with Gasteiger partial charge in [-0.25, -0.2) is 4.79 Å². The number of carbonyl (C=O) groups is 1. The number of benzene rings is 3. The summed E-state index contributed by atoms with van der Waals surface area (Å²) >= 11 is 0. The van der Waals surface area contributed by atoms with Crippen molar-refractivity contribution in [3.8, 4) is 0 Å². The van der Waals surface area contributed by atoms with Crippen molar-refractivity contribution in [2.75, 3.05) is 6.61 Å². The van der Waals surface area contributed by atoms with E-state index in [4.69, 9.17) is 4.74 Å². The molecular weight excluding hydrogens is 441 g/mol. The van der Waals surface area contributed by atoms with Gasteiger partial charge in [-0.05, 0) is 30.2 Å². The molecule has 0 radical (unpaired) electrons. The second-order valence-corrected chi connectivity index (χ2v) is 7.98. The SMILES string of the molecule is CCOC(=O)C(NCc1cccc(C(F)(F)F)c1)c1cn(Cc2ccccc2)c2ccccc12. The summed E-state index contributed by atoms with van der Waals surface area (Å²) in [5.74, 6) is -0.475. The molecule has 1 heterocycles. The molecule has 1 unspecified atom stereocenters. The first-order chi connectivity index (χ1) is 16.4. The van der Waals surface area contributed by atoms with Crippen LogP contribution in [-0.2, 0) is 28.8 Å². The Balaban J connectivity index is 1.67. The number of halogens is 3. The van der Waals surface area contributed by atoms with Gasteiger partial charge < -0.3 is 9.30 Å². The Bertz CT molecular complexity index is 1270. The zero-order valence-corrected chi connectivity index (χ0v) is 18.7. The number of ether oxygens (including phenoxy) is 1. The lowest BCUT2D eigenvalue weighted by Crippen LogP contribution is -2.30. The van der Waals surface area contributed by atoms with Gasteiger partial charge in [-0.2, -0.15) is 13.2 Å². The van der Waals surface area contributed by atoms with Gasteiger partial charge in [-0.3, -0.25) is 5.32 Å². The Kier molecular flexibility index (Phi) is 7.03. The van der Waals surface area contributed by atoms with Crippen molar-refractivity contribution in [2.24, 2.45) is 0 Å². The minimum Gasteiger partial charge on any atom is -0.465 e. The largest absolute Gasteiger partial charge is 0.465 e. The lowest BCUT2D eigenvalue weighted by molar-refractivity contribution is -0.146. The van der Waals surface area contributed by atoms with Crippen molar-refractivity contribution in [2.45, 2.75) is 32.2 Å². The maximum Gasteiger partial charge on any atom is 0.416 e. The van der Waals surface area contributed by atoms with Crippen LogP contribution in [0, 0.1) is 0 Å². The van der Waals surface area contributed by atoms with Crippen LogP contribution in [0.4, 0.5) is 13.2 Å². The fourth-order valence-electron chi connectivity index (χ4n) is 4.04. The first-order valence-corrected chi connectivity index (χ1v) is 11.0. The van der Waals surface area contributed by atoms with E-state index in [1.54, 1.807) is 13.0 Å². The average molecular weight is 467 g/mol. The molecule has 34 heavy (non-hydrogen) atoms. The number of fused-ring (bicyclic) bond motifs is 1. The lowest BCUT2D eigenvalue weighted by atomic mass is 10.0. The molecule has 1 aromatic heterocycles. The smallest absolute Gasteiger partial charge is 0.416 e. The third kappa shape index (κ3) is 5.31. The summed E-state index contributed by atoms with van der Waals surface area (Å²) in [5.41, 5.74) is 2.49. The van der Waals surface area contributed by atoms with E-state index in [-0.39, 0.29) is 13.2 Å².